The van der Waals surface area contributed by atoms with Crippen molar-refractivity contribution in [3.63, 3.8) is 0 Å². The van der Waals surface area contributed by atoms with E-state index < -0.39 is 11.9 Å². The summed E-state index contributed by atoms with van der Waals surface area (Å²) in [7, 11) is 0. The van der Waals surface area contributed by atoms with Crippen LogP contribution >= 0.6 is 11.3 Å². The molecule has 0 aliphatic heterocycles. The van der Waals surface area contributed by atoms with Gasteiger partial charge in [0.1, 0.15) is 4.88 Å². The summed E-state index contributed by atoms with van der Waals surface area (Å²) in [5.41, 5.74) is 3.08. The maximum absolute atomic E-state index is 12.4. The minimum Gasteiger partial charge on any atom is -0.459 e. The average molecular weight is 409 g/mol. The highest BCUT2D eigenvalue weighted by Gasteiger charge is 2.17. The number of ether oxygens (including phenoxy) is 1. The second kappa shape index (κ2) is 8.45. The molecule has 0 atom stereocenters. The fourth-order valence-electron chi connectivity index (χ4n) is 3.29. The number of rotatable bonds is 6. The third-order valence-electron chi connectivity index (χ3n) is 4.79. The Morgan fingerprint density at radius 3 is 2.66 bits per heavy atom. The number of hydrogen-bond donors (Lipinski definition) is 1. The third-order valence-corrected chi connectivity index (χ3v) is 5.77. The first-order valence-corrected chi connectivity index (χ1v) is 10.2. The quantitative estimate of drug-likeness (QED) is 0.478. The Kier molecular flexibility index (Phi) is 5.57. The van der Waals surface area contributed by atoms with Crippen molar-refractivity contribution >= 4 is 34.0 Å². The van der Waals surface area contributed by atoms with E-state index in [0.717, 1.165) is 30.6 Å². The average Bonchev–Trinajstić information content (AvgIpc) is 3.43. The van der Waals surface area contributed by atoms with Crippen LogP contribution in [0.3, 0.4) is 0 Å². The SMILES string of the molecule is O=C(COC(=O)c1ccc(NC(=O)c2ccco2)s1)c1ccc2c(c1)CCCC2. The molecule has 1 amide bonds. The molecule has 0 bridgehead atoms. The lowest BCUT2D eigenvalue weighted by atomic mass is 9.90. The van der Waals surface area contributed by atoms with Gasteiger partial charge in [-0.25, -0.2) is 4.79 Å². The van der Waals surface area contributed by atoms with Gasteiger partial charge in [0.15, 0.2) is 18.2 Å². The van der Waals surface area contributed by atoms with Gasteiger partial charge in [0.25, 0.3) is 5.91 Å². The number of aryl methyl sites for hydroxylation is 2. The van der Waals surface area contributed by atoms with E-state index in [1.165, 1.54) is 23.8 Å². The number of hydrogen-bond acceptors (Lipinski definition) is 6. The van der Waals surface area contributed by atoms with Crippen molar-refractivity contribution < 1.29 is 23.5 Å². The smallest absolute Gasteiger partial charge is 0.348 e. The fourth-order valence-corrected chi connectivity index (χ4v) is 4.08. The van der Waals surface area contributed by atoms with Crippen LogP contribution in [0.4, 0.5) is 5.00 Å². The number of carbonyl (C=O) groups excluding carboxylic acids is 3. The van der Waals surface area contributed by atoms with E-state index in [9.17, 15) is 14.4 Å². The van der Waals surface area contributed by atoms with Crippen LogP contribution in [0.1, 0.15) is 54.6 Å². The highest BCUT2D eigenvalue weighted by atomic mass is 32.1. The standard InChI is InChI=1S/C22H19NO5S/c24-17(16-8-7-14-4-1-2-5-15(14)12-16)13-28-22(26)19-9-10-20(29-19)23-21(25)18-6-3-11-27-18/h3,6-12H,1-2,4-5,13H2,(H,23,25). The number of Topliss-reactive ketones (excluding diaryl/α,β-unsaturated/α-hetero) is 1. The zero-order chi connectivity index (χ0) is 20.2. The van der Waals surface area contributed by atoms with E-state index in [0.29, 0.717) is 15.4 Å². The summed E-state index contributed by atoms with van der Waals surface area (Å²) < 4.78 is 10.2. The normalized spacial score (nSPS) is 12.8. The number of benzene rings is 1. The molecule has 29 heavy (non-hydrogen) atoms. The van der Waals surface area contributed by atoms with Crippen molar-refractivity contribution in [2.45, 2.75) is 25.7 Å². The Balaban J connectivity index is 1.33. The van der Waals surface area contributed by atoms with Gasteiger partial charge < -0.3 is 14.5 Å². The maximum atomic E-state index is 12.4. The van der Waals surface area contributed by atoms with Gasteiger partial charge in [-0.1, -0.05) is 12.1 Å². The van der Waals surface area contributed by atoms with Gasteiger partial charge in [0, 0.05) is 5.56 Å². The van der Waals surface area contributed by atoms with Gasteiger partial charge in [0.2, 0.25) is 0 Å². The van der Waals surface area contributed by atoms with E-state index in [-0.39, 0.29) is 18.2 Å². The Labute approximate surface area is 171 Å². The summed E-state index contributed by atoms with van der Waals surface area (Å²) in [5.74, 6) is -1.05. The van der Waals surface area contributed by atoms with E-state index in [1.807, 2.05) is 12.1 Å². The molecule has 1 aromatic carbocycles. The zero-order valence-electron chi connectivity index (χ0n) is 15.6. The highest BCUT2D eigenvalue weighted by molar-refractivity contribution is 7.18. The maximum Gasteiger partial charge on any atom is 0.348 e. The molecule has 0 saturated carbocycles. The molecule has 0 radical (unpaired) electrons. The van der Waals surface area contributed by atoms with Crippen LogP contribution in [-0.4, -0.2) is 24.3 Å². The number of fused-ring (bicyclic) bond motifs is 1. The zero-order valence-corrected chi connectivity index (χ0v) is 16.4. The van der Waals surface area contributed by atoms with Crippen molar-refractivity contribution in [3.8, 4) is 0 Å². The Hall–Kier alpha value is -3.19. The fraction of sp³-hybridized carbons (Fsp3) is 0.227. The minimum absolute atomic E-state index is 0.179. The number of carbonyl (C=O) groups is 3. The first kappa shape index (κ1) is 19.1. The number of anilines is 1. The molecule has 0 saturated heterocycles. The summed E-state index contributed by atoms with van der Waals surface area (Å²) >= 11 is 1.07. The Morgan fingerprint density at radius 2 is 1.86 bits per heavy atom. The summed E-state index contributed by atoms with van der Waals surface area (Å²) in [6.45, 7) is -0.316. The van der Waals surface area contributed by atoms with Crippen LogP contribution in [0, 0.1) is 0 Å². The predicted octanol–water partition coefficient (Wildman–Crippen LogP) is 4.51. The topological polar surface area (TPSA) is 85.6 Å². The van der Waals surface area contributed by atoms with E-state index in [1.54, 1.807) is 30.3 Å². The summed E-state index contributed by atoms with van der Waals surface area (Å²) in [6, 6.07) is 12.0. The molecule has 0 fully saturated rings. The summed E-state index contributed by atoms with van der Waals surface area (Å²) in [6.07, 6.45) is 5.76. The molecule has 1 aliphatic rings. The molecule has 148 valence electrons. The summed E-state index contributed by atoms with van der Waals surface area (Å²) in [5, 5.41) is 3.14. The molecule has 0 spiro atoms. The largest absolute Gasteiger partial charge is 0.459 e. The lowest BCUT2D eigenvalue weighted by molar-refractivity contribution is 0.0479. The lowest BCUT2D eigenvalue weighted by Gasteiger charge is -2.16. The molecular weight excluding hydrogens is 390 g/mol. The molecule has 1 N–H and O–H groups in total. The third kappa shape index (κ3) is 4.46. The number of esters is 1. The van der Waals surface area contributed by atoms with E-state index in [4.69, 9.17) is 9.15 Å². The van der Waals surface area contributed by atoms with Crippen LogP contribution in [0.5, 0.6) is 0 Å². The van der Waals surface area contributed by atoms with Crippen molar-refractivity contribution in [2.24, 2.45) is 0 Å². The Bertz CT molecular complexity index is 1050. The Morgan fingerprint density at radius 1 is 1.03 bits per heavy atom. The molecule has 6 nitrogen and oxygen atoms in total. The number of thiophene rings is 1. The van der Waals surface area contributed by atoms with Crippen LogP contribution in [0.2, 0.25) is 0 Å². The number of amides is 1. The number of ketones is 1. The molecule has 4 rings (SSSR count). The number of furan rings is 1. The van der Waals surface area contributed by atoms with Crippen molar-refractivity contribution in [2.75, 3.05) is 11.9 Å². The van der Waals surface area contributed by atoms with Crippen LogP contribution < -0.4 is 5.32 Å². The van der Waals surface area contributed by atoms with Gasteiger partial charge in [-0.2, -0.15) is 0 Å². The van der Waals surface area contributed by atoms with Crippen molar-refractivity contribution in [3.05, 3.63) is 76.1 Å². The molecule has 0 unspecified atom stereocenters. The molecular formula is C22H19NO5S. The van der Waals surface area contributed by atoms with Gasteiger partial charge >= 0.3 is 5.97 Å². The van der Waals surface area contributed by atoms with Crippen molar-refractivity contribution in [1.82, 2.24) is 0 Å². The molecule has 1 aliphatic carbocycles. The highest BCUT2D eigenvalue weighted by Crippen LogP contribution is 2.24. The minimum atomic E-state index is -0.597. The van der Waals surface area contributed by atoms with Gasteiger partial charge in [-0.15, -0.1) is 11.3 Å². The van der Waals surface area contributed by atoms with Crippen LogP contribution in [0.15, 0.2) is 53.1 Å². The number of nitrogens with one attached hydrogen (secondary N) is 1. The molecule has 2 heterocycles. The van der Waals surface area contributed by atoms with Gasteiger partial charge in [-0.3, -0.25) is 9.59 Å². The van der Waals surface area contributed by atoms with Gasteiger partial charge in [-0.05, 0) is 67.1 Å². The van der Waals surface area contributed by atoms with Gasteiger partial charge in [0.05, 0.1) is 11.3 Å². The summed E-state index contributed by atoms with van der Waals surface area (Å²) in [4.78, 5) is 36.9. The monoisotopic (exact) mass is 409 g/mol. The molecule has 2 aromatic heterocycles. The molecule has 3 aromatic rings. The lowest BCUT2D eigenvalue weighted by Crippen LogP contribution is -2.14. The first-order chi connectivity index (χ1) is 14.1. The molecule has 7 heteroatoms. The second-order valence-electron chi connectivity index (χ2n) is 6.79. The van der Waals surface area contributed by atoms with E-state index >= 15 is 0 Å². The van der Waals surface area contributed by atoms with Crippen LogP contribution in [-0.2, 0) is 17.6 Å². The second-order valence-corrected chi connectivity index (χ2v) is 7.87. The van der Waals surface area contributed by atoms with Crippen LogP contribution in [0.25, 0.3) is 0 Å². The van der Waals surface area contributed by atoms with E-state index in [2.05, 4.69) is 5.32 Å². The first-order valence-electron chi connectivity index (χ1n) is 9.37. The van der Waals surface area contributed by atoms with Crippen molar-refractivity contribution in [1.29, 1.82) is 0 Å². The predicted molar refractivity (Wildman–Crippen MR) is 109 cm³/mol.